The molecule has 2 atom stereocenters. The number of aryl methyl sites for hydroxylation is 1. The lowest BCUT2D eigenvalue weighted by molar-refractivity contribution is -0.152. The smallest absolute Gasteiger partial charge is 0.330 e. The van der Waals surface area contributed by atoms with Crippen LogP contribution in [0.25, 0.3) is 0 Å². The van der Waals surface area contributed by atoms with Gasteiger partial charge in [0.1, 0.15) is 17.2 Å². The molecule has 0 unspecified atom stereocenters. The van der Waals surface area contributed by atoms with Gasteiger partial charge in [0.15, 0.2) is 6.61 Å². The lowest BCUT2D eigenvalue weighted by Gasteiger charge is -2.25. The molecule has 1 aliphatic heterocycles. The van der Waals surface area contributed by atoms with Crippen molar-refractivity contribution < 1.29 is 23.5 Å². The zero-order valence-corrected chi connectivity index (χ0v) is 18.1. The molecule has 29 heavy (non-hydrogen) atoms. The predicted octanol–water partition coefficient (Wildman–Crippen LogP) is 3.90. The molecule has 6 nitrogen and oxygen atoms in total. The Morgan fingerprint density at radius 3 is 2.52 bits per heavy atom. The lowest BCUT2D eigenvalue weighted by Crippen LogP contribution is -2.43. The molecule has 154 valence electrons. The van der Waals surface area contributed by atoms with Crippen LogP contribution in [0.3, 0.4) is 0 Å². The molecule has 2 aromatic rings. The van der Waals surface area contributed by atoms with Gasteiger partial charge in [-0.15, -0.1) is 11.8 Å². The summed E-state index contributed by atoms with van der Waals surface area (Å²) in [5.41, 5.74) is 4.71. The van der Waals surface area contributed by atoms with Crippen molar-refractivity contribution in [2.45, 2.75) is 46.0 Å². The van der Waals surface area contributed by atoms with Gasteiger partial charge in [0.2, 0.25) is 11.7 Å². The van der Waals surface area contributed by atoms with E-state index in [9.17, 15) is 14.4 Å². The van der Waals surface area contributed by atoms with Crippen LogP contribution in [0, 0.1) is 27.7 Å². The monoisotopic (exact) mass is 415 g/mol. The highest BCUT2D eigenvalue weighted by molar-refractivity contribution is 7.99. The maximum Gasteiger partial charge on any atom is 0.330 e. The predicted molar refractivity (Wildman–Crippen MR) is 111 cm³/mol. The summed E-state index contributed by atoms with van der Waals surface area (Å²) in [6.45, 7) is 8.93. The summed E-state index contributed by atoms with van der Waals surface area (Å²) < 4.78 is 10.7. The first kappa shape index (κ1) is 21.2. The molecule has 1 aliphatic rings. The number of hydrogen-bond donors (Lipinski definition) is 0. The summed E-state index contributed by atoms with van der Waals surface area (Å²) in [5, 5.41) is -0.375. The van der Waals surface area contributed by atoms with E-state index in [0.717, 1.165) is 22.3 Å². The van der Waals surface area contributed by atoms with Gasteiger partial charge in [-0.05, 0) is 68.1 Å². The number of benzene rings is 1. The molecule has 1 saturated heterocycles. The molecule has 0 radical (unpaired) electrons. The highest BCUT2D eigenvalue weighted by Crippen LogP contribution is 2.41. The van der Waals surface area contributed by atoms with Crippen LogP contribution < -0.4 is 0 Å². The minimum Gasteiger partial charge on any atom is -0.466 e. The van der Waals surface area contributed by atoms with Crippen LogP contribution in [0.15, 0.2) is 28.9 Å². The molecule has 0 N–H and O–H groups in total. The van der Waals surface area contributed by atoms with E-state index in [-0.39, 0.29) is 23.7 Å². The van der Waals surface area contributed by atoms with Gasteiger partial charge >= 0.3 is 5.97 Å². The minimum atomic E-state index is -0.747. The molecule has 0 aliphatic carbocycles. The fourth-order valence-corrected chi connectivity index (χ4v) is 4.95. The SMILES string of the molecule is CC(=O)N1[C@@H](C(=O)OCC(=O)c2cc(C)c(C)c(C)c2C)CS[C@@H]1c1ccco1. The van der Waals surface area contributed by atoms with Gasteiger partial charge in [-0.3, -0.25) is 9.59 Å². The molecule has 1 aromatic heterocycles. The van der Waals surface area contributed by atoms with E-state index in [1.165, 1.54) is 29.8 Å². The van der Waals surface area contributed by atoms with Crippen LogP contribution in [-0.4, -0.2) is 41.0 Å². The Labute approximate surface area is 174 Å². The summed E-state index contributed by atoms with van der Waals surface area (Å²) in [7, 11) is 0. The van der Waals surface area contributed by atoms with E-state index >= 15 is 0 Å². The fraction of sp³-hybridized carbons (Fsp3) is 0.409. The van der Waals surface area contributed by atoms with Gasteiger partial charge in [0.25, 0.3) is 0 Å². The van der Waals surface area contributed by atoms with Gasteiger partial charge in [-0.25, -0.2) is 4.79 Å². The van der Waals surface area contributed by atoms with Gasteiger partial charge in [-0.2, -0.15) is 0 Å². The zero-order chi connectivity index (χ0) is 21.3. The van der Waals surface area contributed by atoms with Crippen molar-refractivity contribution in [3.8, 4) is 0 Å². The van der Waals surface area contributed by atoms with E-state index in [1.807, 2.05) is 33.8 Å². The number of nitrogens with zero attached hydrogens (tertiary/aromatic N) is 1. The first-order valence-electron chi connectivity index (χ1n) is 9.43. The Bertz CT molecular complexity index is 951. The summed E-state index contributed by atoms with van der Waals surface area (Å²) in [6.07, 6.45) is 1.53. The summed E-state index contributed by atoms with van der Waals surface area (Å²) in [4.78, 5) is 39.0. The molecule has 3 rings (SSSR count). The third-order valence-corrected chi connectivity index (χ3v) is 6.83. The summed E-state index contributed by atoms with van der Waals surface area (Å²) >= 11 is 1.44. The number of carbonyl (C=O) groups is 3. The number of rotatable bonds is 5. The number of esters is 1. The molecule has 0 bridgehead atoms. The first-order chi connectivity index (χ1) is 13.7. The Kier molecular flexibility index (Phi) is 6.17. The van der Waals surface area contributed by atoms with Crippen molar-refractivity contribution in [3.05, 3.63) is 58.0 Å². The van der Waals surface area contributed by atoms with E-state index in [4.69, 9.17) is 9.15 Å². The average molecular weight is 416 g/mol. The van der Waals surface area contributed by atoms with E-state index in [0.29, 0.717) is 17.1 Å². The first-order valence-corrected chi connectivity index (χ1v) is 10.5. The third-order valence-electron chi connectivity index (χ3n) is 5.55. The van der Waals surface area contributed by atoms with Crippen molar-refractivity contribution in [2.75, 3.05) is 12.4 Å². The zero-order valence-electron chi connectivity index (χ0n) is 17.3. The quantitative estimate of drug-likeness (QED) is 0.544. The summed E-state index contributed by atoms with van der Waals surface area (Å²) in [5.74, 6) is -0.0687. The molecule has 1 fully saturated rings. The van der Waals surface area contributed by atoms with Crippen LogP contribution >= 0.6 is 11.8 Å². The second-order valence-corrected chi connectivity index (χ2v) is 8.40. The number of furan rings is 1. The number of ketones is 1. The largest absolute Gasteiger partial charge is 0.466 e. The molecular weight excluding hydrogens is 390 g/mol. The second-order valence-electron chi connectivity index (χ2n) is 7.29. The van der Waals surface area contributed by atoms with Crippen molar-refractivity contribution in [2.24, 2.45) is 0 Å². The topological polar surface area (TPSA) is 76.8 Å². The Balaban J connectivity index is 1.71. The normalized spacial score (nSPS) is 18.7. The number of Topliss-reactive ketones (excluding diaryl/α,β-unsaturated/α-hetero) is 1. The molecule has 7 heteroatoms. The van der Waals surface area contributed by atoms with Crippen LogP contribution in [-0.2, 0) is 14.3 Å². The molecule has 2 heterocycles. The number of carbonyl (C=O) groups excluding carboxylic acids is 3. The highest BCUT2D eigenvalue weighted by Gasteiger charge is 2.43. The van der Waals surface area contributed by atoms with Gasteiger partial charge in [0.05, 0.1) is 6.26 Å². The molecule has 0 spiro atoms. The molecular formula is C22H25NO5S. The van der Waals surface area contributed by atoms with Gasteiger partial charge in [0, 0.05) is 18.2 Å². The van der Waals surface area contributed by atoms with Crippen molar-refractivity contribution in [1.82, 2.24) is 4.90 Å². The molecule has 1 aromatic carbocycles. The van der Waals surface area contributed by atoms with Crippen molar-refractivity contribution in [1.29, 1.82) is 0 Å². The highest BCUT2D eigenvalue weighted by atomic mass is 32.2. The minimum absolute atomic E-state index is 0.245. The number of hydrogen-bond acceptors (Lipinski definition) is 6. The van der Waals surface area contributed by atoms with Crippen molar-refractivity contribution >= 4 is 29.4 Å². The maximum atomic E-state index is 12.7. The van der Waals surface area contributed by atoms with Crippen LogP contribution in [0.4, 0.5) is 0 Å². The second kappa shape index (κ2) is 8.45. The Hall–Kier alpha value is -2.54. The average Bonchev–Trinajstić information content (AvgIpc) is 3.36. The molecule has 0 saturated carbocycles. The standard InChI is InChI=1S/C22H25NO5S/c1-12-9-17(15(4)14(3)13(12)2)19(25)10-28-22(26)18-11-29-21(23(18)16(5)24)20-7-6-8-27-20/h6-9,18,21H,10-11H2,1-5H3/t18-,21-/m1/s1. The van der Waals surface area contributed by atoms with E-state index < -0.39 is 12.0 Å². The lowest BCUT2D eigenvalue weighted by atomic mass is 9.93. The van der Waals surface area contributed by atoms with Crippen LogP contribution in [0.1, 0.15) is 50.7 Å². The number of thioether (sulfide) groups is 1. The van der Waals surface area contributed by atoms with E-state index in [1.54, 1.807) is 12.1 Å². The third kappa shape index (κ3) is 4.10. The van der Waals surface area contributed by atoms with Gasteiger partial charge in [-0.1, -0.05) is 0 Å². The number of amides is 1. The van der Waals surface area contributed by atoms with Crippen LogP contribution in [0.2, 0.25) is 0 Å². The Morgan fingerprint density at radius 2 is 1.90 bits per heavy atom. The Morgan fingerprint density at radius 1 is 1.17 bits per heavy atom. The summed E-state index contributed by atoms with van der Waals surface area (Å²) in [6, 6.07) is 4.61. The van der Waals surface area contributed by atoms with Gasteiger partial charge < -0.3 is 14.1 Å². The van der Waals surface area contributed by atoms with E-state index in [2.05, 4.69) is 0 Å². The molecule has 1 amide bonds. The number of ether oxygens (including phenoxy) is 1. The fourth-order valence-electron chi connectivity index (χ4n) is 3.54. The van der Waals surface area contributed by atoms with Crippen molar-refractivity contribution in [3.63, 3.8) is 0 Å². The maximum absolute atomic E-state index is 12.7. The van der Waals surface area contributed by atoms with Crippen LogP contribution in [0.5, 0.6) is 0 Å².